The van der Waals surface area contributed by atoms with Crippen LogP contribution < -0.4 is 4.74 Å². The summed E-state index contributed by atoms with van der Waals surface area (Å²) in [5.41, 5.74) is 5.51. The van der Waals surface area contributed by atoms with Crippen LogP contribution in [0.3, 0.4) is 0 Å². The maximum absolute atomic E-state index is 9.27. The second kappa shape index (κ2) is 6.09. The van der Waals surface area contributed by atoms with Crippen LogP contribution in [0.5, 0.6) is 5.75 Å². The van der Waals surface area contributed by atoms with E-state index in [0.717, 1.165) is 29.0 Å². The van der Waals surface area contributed by atoms with Crippen molar-refractivity contribution in [3.05, 3.63) is 46.3 Å². The third-order valence-corrected chi connectivity index (χ3v) is 3.73. The van der Waals surface area contributed by atoms with Crippen molar-refractivity contribution < 1.29 is 9.84 Å². The average molecular weight is 274 g/mol. The maximum atomic E-state index is 9.27. The molecule has 0 amide bonds. The molecule has 0 saturated heterocycles. The lowest BCUT2D eigenvalue weighted by Gasteiger charge is -2.11. The molecule has 0 aliphatic carbocycles. The first-order valence-corrected chi connectivity index (χ1v) is 6.90. The number of aryl methyl sites for hydroxylation is 1. The van der Waals surface area contributed by atoms with Gasteiger partial charge >= 0.3 is 0 Å². The largest absolute Gasteiger partial charge is 0.496 e. The predicted octanol–water partition coefficient (Wildman–Crippen LogP) is 2.61. The second-order valence-corrected chi connectivity index (χ2v) is 4.96. The standard InChI is InChI=1S/C16H22N2O2/c1-5-15-11(2)17-18(12(15)3)9-14-8-13(10-19)6-7-16(14)20-4/h6-8,19H,5,9-10H2,1-4H3. The Hall–Kier alpha value is -1.81. The molecule has 4 nitrogen and oxygen atoms in total. The van der Waals surface area contributed by atoms with E-state index in [2.05, 4.69) is 18.9 Å². The molecule has 20 heavy (non-hydrogen) atoms. The van der Waals surface area contributed by atoms with E-state index in [1.165, 1.54) is 11.3 Å². The summed E-state index contributed by atoms with van der Waals surface area (Å²) in [4.78, 5) is 0. The Labute approximate surface area is 120 Å². The number of aliphatic hydroxyl groups excluding tert-OH is 1. The van der Waals surface area contributed by atoms with Gasteiger partial charge < -0.3 is 9.84 Å². The summed E-state index contributed by atoms with van der Waals surface area (Å²) in [5, 5.41) is 13.9. The van der Waals surface area contributed by atoms with Crippen molar-refractivity contribution in [1.82, 2.24) is 9.78 Å². The van der Waals surface area contributed by atoms with E-state index >= 15 is 0 Å². The Kier molecular flexibility index (Phi) is 4.45. The van der Waals surface area contributed by atoms with Crippen LogP contribution in [0.2, 0.25) is 0 Å². The Morgan fingerprint density at radius 2 is 2.05 bits per heavy atom. The zero-order chi connectivity index (χ0) is 14.7. The van der Waals surface area contributed by atoms with Crippen molar-refractivity contribution in [2.24, 2.45) is 0 Å². The molecular formula is C16H22N2O2. The summed E-state index contributed by atoms with van der Waals surface area (Å²) in [6, 6.07) is 5.75. The number of rotatable bonds is 5. The highest BCUT2D eigenvalue weighted by Gasteiger charge is 2.12. The molecule has 4 heteroatoms. The molecule has 108 valence electrons. The van der Waals surface area contributed by atoms with E-state index in [9.17, 15) is 5.11 Å². The highest BCUT2D eigenvalue weighted by atomic mass is 16.5. The summed E-state index contributed by atoms with van der Waals surface area (Å²) in [5.74, 6) is 0.827. The number of nitrogens with zero attached hydrogens (tertiary/aromatic N) is 2. The van der Waals surface area contributed by atoms with E-state index in [-0.39, 0.29) is 6.61 Å². The summed E-state index contributed by atoms with van der Waals surface area (Å²) >= 11 is 0. The minimum atomic E-state index is 0.0360. The summed E-state index contributed by atoms with van der Waals surface area (Å²) in [6.07, 6.45) is 0.992. The number of ether oxygens (including phenoxy) is 1. The van der Waals surface area contributed by atoms with Crippen molar-refractivity contribution >= 4 is 0 Å². The SMILES string of the molecule is CCc1c(C)nn(Cc2cc(CO)ccc2OC)c1C. The molecule has 0 aliphatic rings. The smallest absolute Gasteiger partial charge is 0.123 e. The van der Waals surface area contributed by atoms with Crippen LogP contribution in [0.25, 0.3) is 0 Å². The first-order chi connectivity index (χ1) is 9.60. The number of methoxy groups -OCH3 is 1. The van der Waals surface area contributed by atoms with Gasteiger partial charge in [0.2, 0.25) is 0 Å². The van der Waals surface area contributed by atoms with Gasteiger partial charge in [-0.3, -0.25) is 4.68 Å². The number of benzene rings is 1. The van der Waals surface area contributed by atoms with E-state index < -0.39 is 0 Å². The topological polar surface area (TPSA) is 47.3 Å². The number of hydrogen-bond donors (Lipinski definition) is 1. The molecule has 0 fully saturated rings. The molecule has 1 heterocycles. The average Bonchev–Trinajstić information content (AvgIpc) is 2.72. The summed E-state index contributed by atoms with van der Waals surface area (Å²) < 4.78 is 7.40. The molecule has 2 aromatic rings. The minimum absolute atomic E-state index is 0.0360. The van der Waals surface area contributed by atoms with Gasteiger partial charge in [0, 0.05) is 11.3 Å². The van der Waals surface area contributed by atoms with E-state index in [1.807, 2.05) is 29.8 Å². The van der Waals surface area contributed by atoms with E-state index in [4.69, 9.17) is 4.74 Å². The van der Waals surface area contributed by atoms with Crippen LogP contribution >= 0.6 is 0 Å². The van der Waals surface area contributed by atoms with Gasteiger partial charge in [0.25, 0.3) is 0 Å². The summed E-state index contributed by atoms with van der Waals surface area (Å²) in [6.45, 7) is 6.98. The first-order valence-electron chi connectivity index (χ1n) is 6.90. The summed E-state index contributed by atoms with van der Waals surface area (Å²) in [7, 11) is 1.66. The van der Waals surface area contributed by atoms with Crippen molar-refractivity contribution in [1.29, 1.82) is 0 Å². The van der Waals surface area contributed by atoms with Crippen molar-refractivity contribution in [2.45, 2.75) is 40.3 Å². The lowest BCUT2D eigenvalue weighted by Crippen LogP contribution is -2.06. The Bertz CT molecular complexity index is 603. The Balaban J connectivity index is 2.38. The van der Waals surface area contributed by atoms with E-state index in [0.29, 0.717) is 6.54 Å². The van der Waals surface area contributed by atoms with E-state index in [1.54, 1.807) is 7.11 Å². The van der Waals surface area contributed by atoms with Gasteiger partial charge in [0.1, 0.15) is 5.75 Å². The fourth-order valence-electron chi connectivity index (χ4n) is 2.61. The Morgan fingerprint density at radius 3 is 2.60 bits per heavy atom. The molecule has 0 unspecified atom stereocenters. The molecule has 0 radical (unpaired) electrons. The minimum Gasteiger partial charge on any atom is -0.496 e. The van der Waals surface area contributed by atoms with Gasteiger partial charge in [-0.25, -0.2) is 0 Å². The molecule has 0 atom stereocenters. The monoisotopic (exact) mass is 274 g/mol. The van der Waals surface area contributed by atoms with Crippen LogP contribution in [0.4, 0.5) is 0 Å². The lowest BCUT2D eigenvalue weighted by molar-refractivity contribution is 0.281. The third-order valence-electron chi connectivity index (χ3n) is 3.73. The van der Waals surface area contributed by atoms with Crippen molar-refractivity contribution in [3.63, 3.8) is 0 Å². The van der Waals surface area contributed by atoms with Crippen LogP contribution in [0, 0.1) is 13.8 Å². The van der Waals surface area contributed by atoms with Gasteiger partial charge in [-0.05, 0) is 43.5 Å². The van der Waals surface area contributed by atoms with Gasteiger partial charge in [0.15, 0.2) is 0 Å². The van der Waals surface area contributed by atoms with Crippen LogP contribution in [0.15, 0.2) is 18.2 Å². The highest BCUT2D eigenvalue weighted by molar-refractivity contribution is 5.38. The fourth-order valence-corrected chi connectivity index (χ4v) is 2.61. The second-order valence-electron chi connectivity index (χ2n) is 4.96. The molecule has 0 aliphatic heterocycles. The van der Waals surface area contributed by atoms with Crippen molar-refractivity contribution in [2.75, 3.05) is 7.11 Å². The van der Waals surface area contributed by atoms with Crippen LogP contribution in [-0.2, 0) is 19.6 Å². The molecule has 1 aromatic carbocycles. The number of hydrogen-bond acceptors (Lipinski definition) is 3. The predicted molar refractivity (Wildman–Crippen MR) is 79.1 cm³/mol. The number of aliphatic hydroxyl groups is 1. The number of aromatic nitrogens is 2. The Morgan fingerprint density at radius 1 is 1.30 bits per heavy atom. The van der Waals surface area contributed by atoms with Crippen LogP contribution in [-0.4, -0.2) is 22.0 Å². The highest BCUT2D eigenvalue weighted by Crippen LogP contribution is 2.23. The van der Waals surface area contributed by atoms with Crippen LogP contribution in [0.1, 0.15) is 35.0 Å². The van der Waals surface area contributed by atoms with Crippen molar-refractivity contribution in [3.8, 4) is 5.75 Å². The van der Waals surface area contributed by atoms with Gasteiger partial charge in [-0.1, -0.05) is 13.0 Å². The first kappa shape index (κ1) is 14.6. The molecule has 0 spiro atoms. The molecule has 0 bridgehead atoms. The maximum Gasteiger partial charge on any atom is 0.123 e. The molecule has 1 N–H and O–H groups in total. The van der Waals surface area contributed by atoms with Gasteiger partial charge in [-0.2, -0.15) is 5.10 Å². The molecule has 1 aromatic heterocycles. The molecule has 0 saturated carbocycles. The molecular weight excluding hydrogens is 252 g/mol. The fraction of sp³-hybridized carbons (Fsp3) is 0.438. The lowest BCUT2D eigenvalue weighted by atomic mass is 10.1. The third kappa shape index (κ3) is 2.70. The van der Waals surface area contributed by atoms with Gasteiger partial charge in [0.05, 0.1) is 26.0 Å². The van der Waals surface area contributed by atoms with Gasteiger partial charge in [-0.15, -0.1) is 0 Å². The zero-order valence-electron chi connectivity index (χ0n) is 12.6. The quantitative estimate of drug-likeness (QED) is 0.911. The molecule has 2 rings (SSSR count). The zero-order valence-corrected chi connectivity index (χ0v) is 12.6. The normalized spacial score (nSPS) is 10.8.